The third-order valence-electron chi connectivity index (χ3n) is 1.42. The van der Waals surface area contributed by atoms with Crippen molar-refractivity contribution in [1.29, 1.82) is 0 Å². The SMILES string of the molecule is O=C(COCc1ccccc1)OCl. The Morgan fingerprint density at radius 2 is 2.00 bits per heavy atom. The second kappa shape index (κ2) is 5.56. The van der Waals surface area contributed by atoms with Crippen LogP contribution in [0.5, 0.6) is 0 Å². The summed E-state index contributed by atoms with van der Waals surface area (Å²) in [5.41, 5.74) is 1.00. The number of ether oxygens (including phenoxy) is 1. The Morgan fingerprint density at radius 1 is 1.31 bits per heavy atom. The second-order valence-corrected chi connectivity index (χ2v) is 2.58. The zero-order valence-corrected chi connectivity index (χ0v) is 7.66. The maximum atomic E-state index is 10.5. The molecule has 0 aromatic heterocycles. The maximum Gasteiger partial charge on any atom is 0.350 e. The number of halogens is 1. The fourth-order valence-electron chi connectivity index (χ4n) is 0.849. The highest BCUT2D eigenvalue weighted by Crippen LogP contribution is 2.00. The van der Waals surface area contributed by atoms with Crippen molar-refractivity contribution in [3.05, 3.63) is 35.9 Å². The summed E-state index contributed by atoms with van der Waals surface area (Å²) in [5.74, 6) is -0.586. The average molecular weight is 201 g/mol. The van der Waals surface area contributed by atoms with Gasteiger partial charge in [-0.05, 0) is 5.56 Å². The summed E-state index contributed by atoms with van der Waals surface area (Å²) in [6, 6.07) is 9.53. The zero-order chi connectivity index (χ0) is 9.52. The molecule has 0 fully saturated rings. The van der Waals surface area contributed by atoms with Gasteiger partial charge < -0.3 is 9.03 Å². The van der Waals surface area contributed by atoms with Crippen LogP contribution in [0.3, 0.4) is 0 Å². The first-order valence-electron chi connectivity index (χ1n) is 3.76. The second-order valence-electron chi connectivity index (χ2n) is 2.43. The molecule has 0 aliphatic carbocycles. The molecule has 1 aromatic carbocycles. The quantitative estimate of drug-likeness (QED) is 0.745. The van der Waals surface area contributed by atoms with Crippen LogP contribution in [0.25, 0.3) is 0 Å². The van der Waals surface area contributed by atoms with E-state index in [4.69, 9.17) is 16.6 Å². The lowest BCUT2D eigenvalue weighted by molar-refractivity contribution is -0.139. The summed E-state index contributed by atoms with van der Waals surface area (Å²) in [5, 5.41) is 0. The molecule has 1 aromatic rings. The van der Waals surface area contributed by atoms with Crippen molar-refractivity contribution in [3.63, 3.8) is 0 Å². The van der Waals surface area contributed by atoms with E-state index in [1.165, 1.54) is 0 Å². The Hall–Kier alpha value is -1.06. The molecule has 0 aliphatic heterocycles. The minimum absolute atomic E-state index is 0.127. The lowest BCUT2D eigenvalue weighted by atomic mass is 10.2. The smallest absolute Gasteiger partial charge is 0.350 e. The molecule has 0 bridgehead atoms. The number of hydrogen-bond donors (Lipinski definition) is 0. The summed E-state index contributed by atoms with van der Waals surface area (Å²) in [4.78, 5) is 10.5. The molecular weight excluding hydrogens is 192 g/mol. The van der Waals surface area contributed by atoms with Gasteiger partial charge in [0.2, 0.25) is 0 Å². The molecule has 0 radical (unpaired) electrons. The first-order valence-corrected chi connectivity index (χ1v) is 4.07. The Balaban J connectivity index is 2.24. The van der Waals surface area contributed by atoms with E-state index < -0.39 is 5.97 Å². The Kier molecular flexibility index (Phi) is 4.29. The number of benzene rings is 1. The molecule has 0 amide bonds. The summed E-state index contributed by atoms with van der Waals surface area (Å²) in [6.45, 7) is 0.255. The standard InChI is InChI=1S/C9H9ClO3/c10-13-9(11)7-12-6-8-4-2-1-3-5-8/h1-5H,6-7H2. The molecule has 0 atom stereocenters. The lowest BCUT2D eigenvalue weighted by Gasteiger charge is -2.00. The predicted molar refractivity (Wildman–Crippen MR) is 48.0 cm³/mol. The number of carbonyl (C=O) groups is 1. The molecule has 70 valence electrons. The van der Waals surface area contributed by atoms with Gasteiger partial charge in [-0.3, -0.25) is 0 Å². The van der Waals surface area contributed by atoms with Crippen LogP contribution in [0.4, 0.5) is 0 Å². The van der Waals surface area contributed by atoms with Gasteiger partial charge >= 0.3 is 5.97 Å². The third-order valence-corrected chi connectivity index (χ3v) is 1.59. The average Bonchev–Trinajstić information content (AvgIpc) is 2.19. The van der Waals surface area contributed by atoms with Crippen LogP contribution in [0.15, 0.2) is 30.3 Å². The van der Waals surface area contributed by atoms with E-state index in [0.29, 0.717) is 6.61 Å². The van der Waals surface area contributed by atoms with Crippen molar-refractivity contribution in [3.8, 4) is 0 Å². The Morgan fingerprint density at radius 3 is 2.62 bits per heavy atom. The zero-order valence-electron chi connectivity index (χ0n) is 6.90. The highest BCUT2D eigenvalue weighted by Gasteiger charge is 2.00. The number of hydrogen-bond acceptors (Lipinski definition) is 3. The van der Waals surface area contributed by atoms with Gasteiger partial charge in [0, 0.05) is 0 Å². The van der Waals surface area contributed by atoms with E-state index in [-0.39, 0.29) is 6.61 Å². The fraction of sp³-hybridized carbons (Fsp3) is 0.222. The van der Waals surface area contributed by atoms with Crippen LogP contribution < -0.4 is 0 Å². The van der Waals surface area contributed by atoms with Crippen LogP contribution in [0.1, 0.15) is 5.56 Å². The van der Waals surface area contributed by atoms with Gasteiger partial charge in [0.15, 0.2) is 0 Å². The normalized spacial score (nSPS) is 9.62. The van der Waals surface area contributed by atoms with E-state index in [1.807, 2.05) is 30.3 Å². The van der Waals surface area contributed by atoms with Crippen LogP contribution in [-0.2, 0) is 20.4 Å². The monoisotopic (exact) mass is 200 g/mol. The first kappa shape index (κ1) is 10.0. The van der Waals surface area contributed by atoms with Gasteiger partial charge in [-0.25, -0.2) is 4.79 Å². The molecule has 0 heterocycles. The van der Waals surface area contributed by atoms with Crippen molar-refractivity contribution in [2.24, 2.45) is 0 Å². The van der Waals surface area contributed by atoms with Crippen LogP contribution in [-0.4, -0.2) is 12.6 Å². The van der Waals surface area contributed by atoms with Gasteiger partial charge in [-0.15, -0.1) is 0 Å². The molecule has 0 aliphatic rings. The Bertz CT molecular complexity index is 261. The molecule has 4 heteroatoms. The molecule has 1 rings (SSSR count). The van der Waals surface area contributed by atoms with Gasteiger partial charge in [0.1, 0.15) is 18.5 Å². The summed E-state index contributed by atoms with van der Waals surface area (Å²) in [7, 11) is 0. The van der Waals surface area contributed by atoms with Crippen molar-refractivity contribution in [1.82, 2.24) is 0 Å². The molecule has 0 saturated heterocycles. The largest absolute Gasteiger partial charge is 0.365 e. The maximum absolute atomic E-state index is 10.5. The van der Waals surface area contributed by atoms with E-state index >= 15 is 0 Å². The van der Waals surface area contributed by atoms with Gasteiger partial charge in [0.05, 0.1) is 6.61 Å². The minimum atomic E-state index is -0.586. The van der Waals surface area contributed by atoms with Crippen LogP contribution >= 0.6 is 11.9 Å². The van der Waals surface area contributed by atoms with Gasteiger partial charge in [-0.2, -0.15) is 0 Å². The molecule has 3 nitrogen and oxygen atoms in total. The van der Waals surface area contributed by atoms with Crippen molar-refractivity contribution in [2.45, 2.75) is 6.61 Å². The summed E-state index contributed by atoms with van der Waals surface area (Å²) < 4.78 is 8.91. The fourth-order valence-corrected chi connectivity index (χ4v) is 0.893. The topological polar surface area (TPSA) is 35.5 Å². The highest BCUT2D eigenvalue weighted by atomic mass is 35.5. The third kappa shape index (κ3) is 3.92. The number of carbonyl (C=O) groups excluding carboxylic acids is 1. The van der Waals surface area contributed by atoms with Gasteiger partial charge in [-0.1, -0.05) is 30.3 Å². The van der Waals surface area contributed by atoms with E-state index in [1.54, 1.807) is 0 Å². The van der Waals surface area contributed by atoms with E-state index in [2.05, 4.69) is 4.29 Å². The van der Waals surface area contributed by atoms with Crippen LogP contribution in [0.2, 0.25) is 0 Å². The number of rotatable bonds is 4. The molecule has 13 heavy (non-hydrogen) atoms. The summed E-state index contributed by atoms with van der Waals surface area (Å²) in [6.07, 6.45) is 0. The molecule has 0 unspecified atom stereocenters. The molecular formula is C9H9ClO3. The minimum Gasteiger partial charge on any atom is -0.365 e. The lowest BCUT2D eigenvalue weighted by Crippen LogP contribution is -2.07. The van der Waals surface area contributed by atoms with Gasteiger partial charge in [0.25, 0.3) is 0 Å². The van der Waals surface area contributed by atoms with Crippen molar-refractivity contribution >= 4 is 17.8 Å². The molecule has 0 spiro atoms. The van der Waals surface area contributed by atoms with E-state index in [9.17, 15) is 4.79 Å². The summed E-state index contributed by atoms with van der Waals surface area (Å²) >= 11 is 4.80. The first-order chi connectivity index (χ1) is 6.33. The Labute approximate surface area is 81.4 Å². The highest BCUT2D eigenvalue weighted by molar-refractivity contribution is 6.13. The van der Waals surface area contributed by atoms with Crippen molar-refractivity contribution in [2.75, 3.05) is 6.61 Å². The van der Waals surface area contributed by atoms with Crippen molar-refractivity contribution < 1.29 is 13.8 Å². The van der Waals surface area contributed by atoms with Crippen LogP contribution in [0, 0.1) is 0 Å². The molecule has 0 saturated carbocycles. The molecule has 0 N–H and O–H groups in total. The van der Waals surface area contributed by atoms with E-state index in [0.717, 1.165) is 5.56 Å². The predicted octanol–water partition coefficient (Wildman–Crippen LogP) is 1.90.